The zero-order chi connectivity index (χ0) is 57.1. The Kier molecular flexibility index (Phi) is 45.4. The van der Waals surface area contributed by atoms with Crippen LogP contribution in [0.1, 0.15) is 170 Å². The Morgan fingerprint density at radius 3 is 0.932 bits per heavy atom. The number of quaternary nitrogens is 7. The first-order valence-electron chi connectivity index (χ1n) is 32.0. The van der Waals surface area contributed by atoms with Crippen molar-refractivity contribution in [3.05, 3.63) is 73.7 Å². The molecular weight excluding hydrogens is 909 g/mol. The van der Waals surface area contributed by atoms with Gasteiger partial charge < -0.3 is 22.7 Å². The Labute approximate surface area is 467 Å². The summed E-state index contributed by atoms with van der Waals surface area (Å²) in [6.07, 6.45) is 34.6. The predicted octanol–water partition coefficient (Wildman–Crippen LogP) is 14.3. The van der Waals surface area contributed by atoms with Crippen molar-refractivity contribution in [3.63, 3.8) is 0 Å². The van der Waals surface area contributed by atoms with Crippen LogP contribution in [0.3, 0.4) is 0 Å². The molecule has 11 aliphatic heterocycles. The van der Waals surface area contributed by atoms with Crippen molar-refractivity contribution >= 4 is 0 Å². The van der Waals surface area contributed by atoms with E-state index in [0.717, 1.165) is 39.1 Å². The highest BCUT2D eigenvalue weighted by Crippen LogP contribution is 2.33. The predicted molar refractivity (Wildman–Crippen MR) is 333 cm³/mol. The minimum atomic E-state index is 0.889. The van der Waals surface area contributed by atoms with Gasteiger partial charge in [-0.05, 0) is 143 Å². The van der Waals surface area contributed by atoms with E-state index >= 15 is 0 Å². The third-order valence-electron chi connectivity index (χ3n) is 17.7. The number of ether oxygens (including phenoxy) is 1. The van der Waals surface area contributed by atoms with Crippen molar-refractivity contribution < 1.29 is 36.1 Å². The molecule has 8 saturated heterocycles. The van der Waals surface area contributed by atoms with Crippen LogP contribution in [-0.2, 0) is 4.74 Å². The molecule has 4 bridgehead atoms. The molecule has 0 aliphatic carbocycles. The SMILES string of the molecule is CC.CC.CC.CC.CC.CC[N+]1(C)C=CC=C1.CC[N+]1(CC)C=CC=C1.CC[N+]1(CC)CCCCC1.CC[N+]1(CC)CCOCC1.CC[N+]12CCC(CC1)CC2.CC[N+]12CCN(CC1)CC2.C[N+]1(C)C=CC=C1. The summed E-state index contributed by atoms with van der Waals surface area (Å²) in [4.78, 5) is 2.59. The Hall–Kier alpha value is -1.92. The van der Waals surface area contributed by atoms with Gasteiger partial charge in [0.05, 0.1) is 146 Å². The number of nitrogens with zero attached hydrogens (tertiary/aromatic N) is 8. The molecule has 0 N–H and O–H groups in total. The molecule has 74 heavy (non-hydrogen) atoms. The van der Waals surface area contributed by atoms with E-state index in [1.165, 1.54) is 194 Å². The van der Waals surface area contributed by atoms with Crippen molar-refractivity contribution in [2.75, 3.05) is 178 Å². The normalized spacial score (nSPS) is 26.7. The second-order valence-corrected chi connectivity index (χ2v) is 21.3. The van der Waals surface area contributed by atoms with Crippen LogP contribution in [0.5, 0.6) is 0 Å². The van der Waals surface area contributed by atoms with Gasteiger partial charge in [-0.2, -0.15) is 0 Å². The van der Waals surface area contributed by atoms with Crippen molar-refractivity contribution in [2.24, 2.45) is 5.92 Å². The average Bonchev–Trinajstić information content (AvgIpc) is 4.29. The van der Waals surface area contributed by atoms with Crippen LogP contribution in [0.4, 0.5) is 0 Å². The van der Waals surface area contributed by atoms with E-state index < -0.39 is 0 Å². The molecule has 11 rings (SSSR count). The zero-order valence-electron chi connectivity index (χ0n) is 54.7. The van der Waals surface area contributed by atoms with Gasteiger partial charge in [0.25, 0.3) is 0 Å². The van der Waals surface area contributed by atoms with Crippen LogP contribution in [0, 0.1) is 5.92 Å². The third kappa shape index (κ3) is 28.6. The fraction of sp³-hybridized carbons (Fsp3) is 0.815. The lowest BCUT2D eigenvalue weighted by Crippen LogP contribution is -2.67. The van der Waals surface area contributed by atoms with E-state index in [9.17, 15) is 0 Å². The van der Waals surface area contributed by atoms with Crippen molar-refractivity contribution in [2.45, 2.75) is 170 Å². The lowest BCUT2D eigenvalue weighted by atomic mass is 9.86. The van der Waals surface area contributed by atoms with Crippen LogP contribution in [0.15, 0.2) is 73.7 Å². The van der Waals surface area contributed by atoms with Gasteiger partial charge in [0, 0.05) is 19.6 Å². The summed E-state index contributed by atoms with van der Waals surface area (Å²) in [6, 6.07) is 0. The smallest absolute Gasteiger partial charge is 0.102 e. The topological polar surface area (TPSA) is 12.5 Å². The lowest BCUT2D eigenvalue weighted by molar-refractivity contribution is -0.941. The van der Waals surface area contributed by atoms with E-state index in [2.05, 4.69) is 162 Å². The fourth-order valence-corrected chi connectivity index (χ4v) is 10.9. The molecule has 0 spiro atoms. The van der Waals surface area contributed by atoms with Crippen molar-refractivity contribution in [1.82, 2.24) is 4.90 Å². The maximum absolute atomic E-state index is 5.31. The molecule has 0 unspecified atom stereocenters. The standard InChI is InChI=1S/C9H18N.C9H20N.C8H17N2.C8H18NO.C8H14N.C7H12N.C6H10N.5C2H6/c1-2-10-6-3-9(4-7-10)5-8-10;1-3-10(4-2)8-6-5-7-9-10;1-2-10-6-3-9(4-7-10)5-8-10;1-3-9(4-2)5-7-10-8-6-9;1-3-9(4-2)7-5-6-8-9;1-3-8(2)6-4-5-7-8;1-7(2)5-3-4-6-7;5*1-2/h9H,2-8H2,1H3;3-9H2,1-2H3;2-8H2,1H3;3-8H2,1-2H3;5-8H,3-4H2,1-2H3;4-7H,3H2,1-2H3;3-6H,1-2H3;5*1-2H3/q7*+1;;;;;. The van der Waals surface area contributed by atoms with Crippen LogP contribution in [0.2, 0.25) is 0 Å². The zero-order valence-corrected chi connectivity index (χ0v) is 54.7. The van der Waals surface area contributed by atoms with E-state index in [4.69, 9.17) is 4.74 Å². The highest BCUT2D eigenvalue weighted by Gasteiger charge is 2.38. The van der Waals surface area contributed by atoms with Crippen LogP contribution >= 0.6 is 0 Å². The molecular formula is C65H139N8O+7. The van der Waals surface area contributed by atoms with Gasteiger partial charge in [-0.25, -0.2) is 0 Å². The summed E-state index contributed by atoms with van der Waals surface area (Å²) < 4.78 is 13.7. The summed E-state index contributed by atoms with van der Waals surface area (Å²) >= 11 is 0. The molecule has 0 aromatic heterocycles. The molecule has 8 fully saturated rings. The highest BCUT2D eigenvalue weighted by atomic mass is 16.5. The number of fused-ring (bicyclic) bond motifs is 6. The van der Waals surface area contributed by atoms with E-state index in [1.807, 2.05) is 69.2 Å². The molecule has 11 heterocycles. The fourth-order valence-electron chi connectivity index (χ4n) is 10.9. The maximum atomic E-state index is 5.31. The second-order valence-electron chi connectivity index (χ2n) is 21.3. The Balaban J connectivity index is -0.000000774. The number of likely N-dealkylation sites (tertiary alicyclic amines) is 1. The summed E-state index contributed by atoms with van der Waals surface area (Å²) in [5, 5.41) is 0. The Bertz CT molecular complexity index is 1280. The number of morpholine rings is 1. The molecule has 0 aromatic carbocycles. The number of piperidine rings is 4. The van der Waals surface area contributed by atoms with Gasteiger partial charge in [0.1, 0.15) is 50.3 Å². The minimum Gasteiger partial charge on any atom is -0.370 e. The monoisotopic (exact) mass is 1050 g/mol. The van der Waals surface area contributed by atoms with Gasteiger partial charge in [0.2, 0.25) is 0 Å². The number of hydrogen-bond acceptors (Lipinski definition) is 2. The Morgan fingerprint density at radius 1 is 0.365 bits per heavy atom. The van der Waals surface area contributed by atoms with Gasteiger partial charge in [-0.1, -0.05) is 69.2 Å². The third-order valence-corrected chi connectivity index (χ3v) is 17.7. The number of rotatable bonds is 9. The molecule has 9 nitrogen and oxygen atoms in total. The van der Waals surface area contributed by atoms with E-state index in [-0.39, 0.29) is 0 Å². The number of piperazine rings is 3. The first-order valence-corrected chi connectivity index (χ1v) is 32.0. The van der Waals surface area contributed by atoms with Crippen LogP contribution in [-0.4, -0.2) is 215 Å². The van der Waals surface area contributed by atoms with E-state index in [0.29, 0.717) is 0 Å². The van der Waals surface area contributed by atoms with Crippen molar-refractivity contribution in [3.8, 4) is 0 Å². The van der Waals surface area contributed by atoms with Crippen LogP contribution < -0.4 is 0 Å². The summed E-state index contributed by atoms with van der Waals surface area (Å²) in [7, 11) is 6.43. The van der Waals surface area contributed by atoms with E-state index in [1.54, 1.807) is 0 Å². The molecule has 0 amide bonds. The van der Waals surface area contributed by atoms with Gasteiger partial charge in [0.15, 0.2) is 0 Å². The molecule has 438 valence electrons. The summed E-state index contributed by atoms with van der Waals surface area (Å²) in [6.45, 7) is 71.9. The summed E-state index contributed by atoms with van der Waals surface area (Å²) in [5.74, 6) is 1.12. The molecule has 0 saturated carbocycles. The second kappa shape index (κ2) is 44.0. The Morgan fingerprint density at radius 2 is 0.703 bits per heavy atom. The largest absolute Gasteiger partial charge is 0.370 e. The van der Waals surface area contributed by atoms with Gasteiger partial charge >= 0.3 is 0 Å². The number of allylic oxidation sites excluding steroid dienone is 6. The highest BCUT2D eigenvalue weighted by molar-refractivity contribution is 5.04. The van der Waals surface area contributed by atoms with Gasteiger partial charge in [-0.15, -0.1) is 0 Å². The average molecular weight is 1050 g/mol. The molecule has 0 atom stereocenters. The molecule has 0 radical (unpaired) electrons. The first kappa shape index (κ1) is 76.3. The summed E-state index contributed by atoms with van der Waals surface area (Å²) in [5.41, 5.74) is 0. The van der Waals surface area contributed by atoms with Crippen molar-refractivity contribution in [1.29, 1.82) is 0 Å². The maximum Gasteiger partial charge on any atom is 0.102 e. The molecule has 0 aromatic rings. The van der Waals surface area contributed by atoms with Gasteiger partial charge in [-0.3, -0.25) is 18.3 Å². The number of hydrogen-bond donors (Lipinski definition) is 0. The molecule has 11 aliphatic rings. The lowest BCUT2D eigenvalue weighted by Gasteiger charge is -2.50. The molecule has 9 heteroatoms. The van der Waals surface area contributed by atoms with Crippen LogP contribution in [0.25, 0.3) is 0 Å². The number of likely N-dealkylation sites (N-methyl/N-ethyl adjacent to an activating group) is 2. The quantitative estimate of drug-likeness (QED) is 0.213. The first-order chi connectivity index (χ1) is 35.7. The minimum absolute atomic E-state index is 0.889.